The van der Waals surface area contributed by atoms with Gasteiger partial charge in [-0.2, -0.15) is 13.2 Å². The summed E-state index contributed by atoms with van der Waals surface area (Å²) in [5.41, 5.74) is 1.51. The Balaban J connectivity index is 2.12. The van der Waals surface area contributed by atoms with Gasteiger partial charge < -0.3 is 10.1 Å². The van der Waals surface area contributed by atoms with Crippen molar-refractivity contribution in [3.05, 3.63) is 58.7 Å². The monoisotopic (exact) mass is 321 g/mol. The van der Waals surface area contributed by atoms with Gasteiger partial charge in [0, 0.05) is 11.3 Å². The van der Waals surface area contributed by atoms with Crippen molar-refractivity contribution in [3.8, 4) is 5.75 Å². The van der Waals surface area contributed by atoms with Crippen LogP contribution in [0.2, 0.25) is 0 Å². The molecule has 0 bridgehead atoms. The summed E-state index contributed by atoms with van der Waals surface area (Å²) in [6.07, 6.45) is -4.45. The fourth-order valence-electron chi connectivity index (χ4n) is 2.83. The molecule has 23 heavy (non-hydrogen) atoms. The lowest BCUT2D eigenvalue weighted by atomic mass is 9.90. The molecule has 1 N–H and O–H groups in total. The Bertz CT molecular complexity index is 784. The molecule has 6 heteroatoms. The summed E-state index contributed by atoms with van der Waals surface area (Å²) < 4.78 is 43.7. The first-order valence-electron chi connectivity index (χ1n) is 6.98. The number of amides is 1. The number of methoxy groups -OCH3 is 1. The zero-order valence-corrected chi connectivity index (χ0v) is 12.5. The Morgan fingerprint density at radius 2 is 1.83 bits per heavy atom. The van der Waals surface area contributed by atoms with Crippen LogP contribution in [0.4, 0.5) is 18.9 Å². The highest BCUT2D eigenvalue weighted by atomic mass is 19.4. The highest BCUT2D eigenvalue weighted by molar-refractivity contribution is 6.05. The molecule has 0 spiro atoms. The van der Waals surface area contributed by atoms with Crippen LogP contribution in [0.25, 0.3) is 0 Å². The predicted molar refractivity (Wildman–Crippen MR) is 79.6 cm³/mol. The van der Waals surface area contributed by atoms with Crippen LogP contribution in [-0.2, 0) is 11.0 Å². The summed E-state index contributed by atoms with van der Waals surface area (Å²) in [6.45, 7) is 1.88. The Morgan fingerprint density at radius 1 is 1.09 bits per heavy atom. The first kappa shape index (κ1) is 15.4. The van der Waals surface area contributed by atoms with E-state index in [0.29, 0.717) is 16.9 Å². The highest BCUT2D eigenvalue weighted by Gasteiger charge is 2.37. The molecule has 0 fully saturated rings. The van der Waals surface area contributed by atoms with Gasteiger partial charge in [0.2, 0.25) is 5.91 Å². The second-order valence-electron chi connectivity index (χ2n) is 5.47. The van der Waals surface area contributed by atoms with Gasteiger partial charge in [0.05, 0.1) is 18.6 Å². The largest absolute Gasteiger partial charge is 0.496 e. The van der Waals surface area contributed by atoms with E-state index in [-0.39, 0.29) is 11.6 Å². The normalized spacial score (nSPS) is 16.9. The molecule has 1 unspecified atom stereocenters. The zero-order valence-electron chi connectivity index (χ0n) is 12.5. The van der Waals surface area contributed by atoms with Crippen molar-refractivity contribution in [3.63, 3.8) is 0 Å². The molecular weight excluding hydrogens is 307 g/mol. The van der Waals surface area contributed by atoms with Gasteiger partial charge >= 0.3 is 6.18 Å². The number of ether oxygens (including phenoxy) is 1. The van der Waals surface area contributed by atoms with Gasteiger partial charge in [-0.3, -0.25) is 4.79 Å². The van der Waals surface area contributed by atoms with Gasteiger partial charge in [0.25, 0.3) is 0 Å². The van der Waals surface area contributed by atoms with E-state index in [1.54, 1.807) is 6.07 Å². The quantitative estimate of drug-likeness (QED) is 0.904. The number of aryl methyl sites for hydroxylation is 1. The Morgan fingerprint density at radius 3 is 2.48 bits per heavy atom. The highest BCUT2D eigenvalue weighted by Crippen LogP contribution is 2.43. The minimum Gasteiger partial charge on any atom is -0.496 e. The van der Waals surface area contributed by atoms with Crippen molar-refractivity contribution in [2.45, 2.75) is 19.0 Å². The number of hydrogen-bond acceptors (Lipinski definition) is 2. The molecule has 120 valence electrons. The number of nitrogens with one attached hydrogen (secondary N) is 1. The molecule has 1 amide bonds. The fourth-order valence-corrected chi connectivity index (χ4v) is 2.83. The standard InChI is InChI=1S/C17H14F3NO2/c1-9-3-6-14(23-2)12(7-9)15-11-5-4-10(17(18,19)20)8-13(11)21-16(15)22/h3-8,15H,1-2H3,(H,21,22). The third-order valence-corrected chi connectivity index (χ3v) is 3.91. The van der Waals surface area contributed by atoms with Crippen molar-refractivity contribution in [1.82, 2.24) is 0 Å². The number of alkyl halides is 3. The van der Waals surface area contributed by atoms with E-state index in [0.717, 1.165) is 17.7 Å². The first-order chi connectivity index (χ1) is 10.8. The fraction of sp³-hybridized carbons (Fsp3) is 0.235. The maximum atomic E-state index is 12.8. The van der Waals surface area contributed by atoms with Crippen LogP contribution in [0.15, 0.2) is 36.4 Å². The van der Waals surface area contributed by atoms with E-state index in [4.69, 9.17) is 4.74 Å². The molecule has 0 saturated carbocycles. The number of rotatable bonds is 2. The van der Waals surface area contributed by atoms with Crippen LogP contribution in [0.1, 0.15) is 28.2 Å². The zero-order chi connectivity index (χ0) is 16.8. The van der Waals surface area contributed by atoms with Gasteiger partial charge in [0.15, 0.2) is 0 Å². The number of carbonyl (C=O) groups is 1. The molecule has 3 nitrogen and oxygen atoms in total. The smallest absolute Gasteiger partial charge is 0.416 e. The van der Waals surface area contributed by atoms with Gasteiger partial charge in [-0.15, -0.1) is 0 Å². The minimum absolute atomic E-state index is 0.193. The molecular formula is C17H14F3NO2. The van der Waals surface area contributed by atoms with Crippen molar-refractivity contribution in [2.24, 2.45) is 0 Å². The third-order valence-electron chi connectivity index (χ3n) is 3.91. The van der Waals surface area contributed by atoms with E-state index in [2.05, 4.69) is 5.32 Å². The minimum atomic E-state index is -4.45. The van der Waals surface area contributed by atoms with Crippen LogP contribution in [-0.4, -0.2) is 13.0 Å². The molecule has 2 aromatic carbocycles. The number of hydrogen-bond donors (Lipinski definition) is 1. The van der Waals surface area contributed by atoms with Crippen LogP contribution < -0.4 is 10.1 Å². The number of fused-ring (bicyclic) bond motifs is 1. The van der Waals surface area contributed by atoms with Crippen LogP contribution in [0, 0.1) is 6.92 Å². The van der Waals surface area contributed by atoms with E-state index in [1.165, 1.54) is 13.2 Å². The lowest BCUT2D eigenvalue weighted by Crippen LogP contribution is -2.14. The Kier molecular flexibility index (Phi) is 3.55. The molecule has 1 aliphatic rings. The average Bonchev–Trinajstić information content (AvgIpc) is 2.81. The molecule has 1 aliphatic heterocycles. The van der Waals surface area contributed by atoms with Crippen molar-refractivity contribution in [1.29, 1.82) is 0 Å². The van der Waals surface area contributed by atoms with Gasteiger partial charge in [-0.1, -0.05) is 23.8 Å². The van der Waals surface area contributed by atoms with Gasteiger partial charge in [-0.05, 0) is 30.7 Å². The molecule has 0 radical (unpaired) electrons. The molecule has 1 atom stereocenters. The summed E-state index contributed by atoms with van der Waals surface area (Å²) in [7, 11) is 1.49. The lowest BCUT2D eigenvalue weighted by Gasteiger charge is -2.15. The molecule has 2 aromatic rings. The van der Waals surface area contributed by atoms with Crippen molar-refractivity contribution >= 4 is 11.6 Å². The lowest BCUT2D eigenvalue weighted by molar-refractivity contribution is -0.137. The number of anilines is 1. The van der Waals surface area contributed by atoms with Crippen molar-refractivity contribution < 1.29 is 22.7 Å². The van der Waals surface area contributed by atoms with Gasteiger partial charge in [-0.25, -0.2) is 0 Å². The SMILES string of the molecule is COc1ccc(C)cc1C1C(=O)Nc2cc(C(F)(F)F)ccc21. The summed E-state index contributed by atoms with van der Waals surface area (Å²) >= 11 is 0. The molecule has 3 rings (SSSR count). The molecule has 0 aromatic heterocycles. The van der Waals surface area contributed by atoms with E-state index in [9.17, 15) is 18.0 Å². The van der Waals surface area contributed by atoms with E-state index in [1.807, 2.05) is 19.1 Å². The average molecular weight is 321 g/mol. The van der Waals surface area contributed by atoms with Gasteiger partial charge in [0.1, 0.15) is 5.75 Å². The second kappa shape index (κ2) is 5.30. The first-order valence-corrected chi connectivity index (χ1v) is 6.98. The summed E-state index contributed by atoms with van der Waals surface area (Å²) in [5.74, 6) is -0.506. The Labute approximate surface area is 131 Å². The number of halogens is 3. The van der Waals surface area contributed by atoms with Crippen LogP contribution >= 0.6 is 0 Å². The molecule has 1 heterocycles. The third kappa shape index (κ3) is 2.65. The maximum absolute atomic E-state index is 12.8. The topological polar surface area (TPSA) is 38.3 Å². The predicted octanol–water partition coefficient (Wildman–Crippen LogP) is 4.11. The van der Waals surface area contributed by atoms with E-state index < -0.39 is 17.7 Å². The maximum Gasteiger partial charge on any atom is 0.416 e. The second-order valence-corrected chi connectivity index (χ2v) is 5.47. The molecule has 0 saturated heterocycles. The summed E-state index contributed by atoms with van der Waals surface area (Å²) in [4.78, 5) is 12.3. The number of carbonyl (C=O) groups excluding carboxylic acids is 1. The van der Waals surface area contributed by atoms with Crippen LogP contribution in [0.5, 0.6) is 5.75 Å². The number of benzene rings is 2. The molecule has 0 aliphatic carbocycles. The summed E-state index contributed by atoms with van der Waals surface area (Å²) in [5, 5.41) is 2.53. The Hall–Kier alpha value is -2.50. The van der Waals surface area contributed by atoms with Crippen LogP contribution in [0.3, 0.4) is 0 Å². The van der Waals surface area contributed by atoms with Crippen molar-refractivity contribution in [2.75, 3.05) is 12.4 Å². The summed E-state index contributed by atoms with van der Waals surface area (Å²) in [6, 6.07) is 8.73. The van der Waals surface area contributed by atoms with E-state index >= 15 is 0 Å².